The van der Waals surface area contributed by atoms with Crippen molar-refractivity contribution in [2.24, 2.45) is 0 Å². The molecular weight excluding hydrogens is 466 g/mol. The maximum Gasteiger partial charge on any atom is 0.337 e. The summed E-state index contributed by atoms with van der Waals surface area (Å²) < 4.78 is 16.9. The van der Waals surface area contributed by atoms with Gasteiger partial charge in [-0.1, -0.05) is 30.3 Å². The van der Waals surface area contributed by atoms with E-state index in [1.165, 1.54) is 0 Å². The molecule has 3 aliphatic rings. The molecule has 1 heterocycles. The van der Waals surface area contributed by atoms with Crippen LogP contribution in [0.25, 0.3) is 0 Å². The quantitative estimate of drug-likeness (QED) is 0.500. The van der Waals surface area contributed by atoms with Crippen LogP contribution in [-0.4, -0.2) is 32.1 Å². The summed E-state index contributed by atoms with van der Waals surface area (Å²) in [7, 11) is 3.23. The number of allylic oxidation sites excluding steroid dienone is 3. The van der Waals surface area contributed by atoms with Crippen LogP contribution >= 0.6 is 0 Å². The third kappa shape index (κ3) is 4.77. The van der Waals surface area contributed by atoms with Crippen molar-refractivity contribution in [3.63, 3.8) is 0 Å². The molecule has 1 fully saturated rings. The Balaban J connectivity index is 1.54. The highest BCUT2D eigenvalue weighted by atomic mass is 16.5. The second-order valence-corrected chi connectivity index (χ2v) is 10.3. The molecule has 2 aromatic carbocycles. The molecule has 0 aromatic heterocycles. The summed E-state index contributed by atoms with van der Waals surface area (Å²) in [6.07, 6.45) is 4.96. The number of hydrogen-bond acceptors (Lipinski definition) is 6. The first-order valence-corrected chi connectivity index (χ1v) is 13.1. The van der Waals surface area contributed by atoms with Crippen LogP contribution in [0.1, 0.15) is 74.0 Å². The number of ketones is 1. The lowest BCUT2D eigenvalue weighted by molar-refractivity contribution is -0.144. The van der Waals surface area contributed by atoms with Gasteiger partial charge in [0.15, 0.2) is 17.3 Å². The van der Waals surface area contributed by atoms with Gasteiger partial charge in [0, 0.05) is 29.3 Å². The lowest BCUT2D eigenvalue weighted by Gasteiger charge is -2.37. The topological polar surface area (TPSA) is 73.9 Å². The van der Waals surface area contributed by atoms with E-state index in [1.807, 2.05) is 56.3 Å². The fourth-order valence-electron chi connectivity index (χ4n) is 6.09. The van der Waals surface area contributed by atoms with E-state index in [1.54, 1.807) is 14.2 Å². The van der Waals surface area contributed by atoms with E-state index < -0.39 is 5.92 Å². The van der Waals surface area contributed by atoms with Crippen molar-refractivity contribution in [1.82, 2.24) is 5.32 Å². The number of dihydropyridines is 1. The maximum atomic E-state index is 13.9. The lowest BCUT2D eigenvalue weighted by Crippen LogP contribution is -2.36. The second-order valence-electron chi connectivity index (χ2n) is 10.3. The van der Waals surface area contributed by atoms with Crippen LogP contribution in [0, 0.1) is 6.92 Å². The smallest absolute Gasteiger partial charge is 0.337 e. The number of rotatable bonds is 6. The van der Waals surface area contributed by atoms with Crippen molar-refractivity contribution in [2.45, 2.75) is 70.3 Å². The first-order chi connectivity index (χ1) is 17.9. The second kappa shape index (κ2) is 10.4. The van der Waals surface area contributed by atoms with Gasteiger partial charge >= 0.3 is 5.97 Å². The summed E-state index contributed by atoms with van der Waals surface area (Å²) in [6, 6.07) is 13.9. The predicted octanol–water partition coefficient (Wildman–Crippen LogP) is 5.86. The zero-order valence-electron chi connectivity index (χ0n) is 22.1. The van der Waals surface area contributed by atoms with Crippen LogP contribution in [0.15, 0.2) is 65.0 Å². The van der Waals surface area contributed by atoms with Gasteiger partial charge in [-0.2, -0.15) is 0 Å². The summed E-state index contributed by atoms with van der Waals surface area (Å²) in [5, 5.41) is 3.46. The number of aryl methyl sites for hydroxylation is 1. The fourth-order valence-corrected chi connectivity index (χ4v) is 6.09. The molecule has 6 nitrogen and oxygen atoms in total. The average molecular weight is 502 g/mol. The summed E-state index contributed by atoms with van der Waals surface area (Å²) in [5.74, 6) is 0.607. The van der Waals surface area contributed by atoms with Crippen LogP contribution < -0.4 is 14.8 Å². The monoisotopic (exact) mass is 501 g/mol. The van der Waals surface area contributed by atoms with Gasteiger partial charge < -0.3 is 19.5 Å². The Kier molecular flexibility index (Phi) is 7.09. The van der Waals surface area contributed by atoms with E-state index in [9.17, 15) is 9.59 Å². The Morgan fingerprint density at radius 2 is 1.68 bits per heavy atom. The van der Waals surface area contributed by atoms with Gasteiger partial charge in [-0.15, -0.1) is 0 Å². The van der Waals surface area contributed by atoms with Crippen molar-refractivity contribution in [3.8, 4) is 11.5 Å². The number of nitrogens with one attached hydrogen (secondary N) is 1. The van der Waals surface area contributed by atoms with Crippen LogP contribution in [0.4, 0.5) is 0 Å². The molecular formula is C31H35NO5. The molecule has 0 saturated heterocycles. The number of methoxy groups -OCH3 is 2. The van der Waals surface area contributed by atoms with Crippen molar-refractivity contribution in [1.29, 1.82) is 0 Å². The van der Waals surface area contributed by atoms with Gasteiger partial charge in [-0.05, 0) is 80.7 Å². The van der Waals surface area contributed by atoms with Crippen LogP contribution in [0.3, 0.4) is 0 Å². The molecule has 0 amide bonds. The van der Waals surface area contributed by atoms with E-state index in [-0.39, 0.29) is 23.8 Å². The van der Waals surface area contributed by atoms with Crippen LogP contribution in [0.2, 0.25) is 0 Å². The summed E-state index contributed by atoms with van der Waals surface area (Å²) in [6.45, 7) is 3.96. The molecule has 1 N–H and O–H groups in total. The van der Waals surface area contributed by atoms with Crippen molar-refractivity contribution in [3.05, 3.63) is 81.7 Å². The van der Waals surface area contributed by atoms with Crippen LogP contribution in [0.5, 0.6) is 11.5 Å². The zero-order valence-corrected chi connectivity index (χ0v) is 22.1. The number of ether oxygens (including phenoxy) is 3. The van der Waals surface area contributed by atoms with Gasteiger partial charge in [0.2, 0.25) is 0 Å². The Morgan fingerprint density at radius 1 is 0.946 bits per heavy atom. The van der Waals surface area contributed by atoms with Crippen molar-refractivity contribution < 1.29 is 23.8 Å². The lowest BCUT2D eigenvalue weighted by atomic mass is 9.71. The zero-order chi connectivity index (χ0) is 26.1. The maximum absolute atomic E-state index is 13.9. The minimum atomic E-state index is -0.440. The van der Waals surface area contributed by atoms with Gasteiger partial charge in [0.25, 0.3) is 0 Å². The third-order valence-electron chi connectivity index (χ3n) is 8.00. The van der Waals surface area contributed by atoms with E-state index >= 15 is 0 Å². The minimum Gasteiger partial charge on any atom is -0.493 e. The molecule has 1 aliphatic heterocycles. The number of carbonyl (C=O) groups is 2. The van der Waals surface area contributed by atoms with Gasteiger partial charge in [0.1, 0.15) is 6.10 Å². The first-order valence-electron chi connectivity index (χ1n) is 13.1. The standard InChI is InChI=1S/C31H35NO5/c1-18-9-5-8-12-23(18)29-28(31(34)37-22-10-6-7-11-22)19(2)32-24-15-21(16-25(33)30(24)29)20-13-14-26(35-3)27(17-20)36-4/h5,8-9,12-14,17,21-22,29,32H,6-7,10-11,15-16H2,1-4H3/t21-,29-/m0/s1. The normalized spacial score (nSPS) is 22.0. The van der Waals surface area contributed by atoms with E-state index in [0.29, 0.717) is 35.5 Å². The highest BCUT2D eigenvalue weighted by molar-refractivity contribution is 6.04. The fraction of sp³-hybridized carbons (Fsp3) is 0.419. The SMILES string of the molecule is COc1ccc([C@@H]2CC(=O)C3=C(C2)NC(C)=C(C(=O)OC2CCCC2)[C@@H]3c2ccccc2C)cc1OC. The molecule has 6 heteroatoms. The average Bonchev–Trinajstić information content (AvgIpc) is 3.40. The van der Waals surface area contributed by atoms with E-state index in [2.05, 4.69) is 5.32 Å². The van der Waals surface area contributed by atoms with E-state index in [4.69, 9.17) is 14.2 Å². The molecule has 0 radical (unpaired) electrons. The Labute approximate surface area is 218 Å². The Morgan fingerprint density at radius 3 is 2.38 bits per heavy atom. The summed E-state index contributed by atoms with van der Waals surface area (Å²) in [4.78, 5) is 27.5. The largest absolute Gasteiger partial charge is 0.493 e. The Bertz CT molecular complexity index is 1280. The number of hydrogen-bond donors (Lipinski definition) is 1. The van der Waals surface area contributed by atoms with E-state index in [0.717, 1.165) is 53.8 Å². The molecule has 2 aliphatic carbocycles. The van der Waals surface area contributed by atoms with Gasteiger partial charge in [-0.25, -0.2) is 4.79 Å². The molecule has 2 atom stereocenters. The Hall–Kier alpha value is -3.54. The molecule has 2 aromatic rings. The summed E-state index contributed by atoms with van der Waals surface area (Å²) in [5.41, 5.74) is 5.95. The molecule has 194 valence electrons. The molecule has 0 spiro atoms. The molecule has 5 rings (SSSR count). The first kappa shape index (κ1) is 25.1. The molecule has 37 heavy (non-hydrogen) atoms. The van der Waals surface area contributed by atoms with Crippen LogP contribution in [-0.2, 0) is 14.3 Å². The van der Waals surface area contributed by atoms with Crippen molar-refractivity contribution >= 4 is 11.8 Å². The molecule has 0 bridgehead atoms. The number of benzene rings is 2. The molecule has 1 saturated carbocycles. The minimum absolute atomic E-state index is 0.00383. The van der Waals surface area contributed by atoms with Gasteiger partial charge in [-0.3, -0.25) is 4.79 Å². The number of esters is 1. The number of carbonyl (C=O) groups excluding carboxylic acids is 2. The number of Topliss-reactive ketones (excluding diaryl/α,β-unsaturated/α-hetero) is 1. The highest BCUT2D eigenvalue weighted by Crippen LogP contribution is 2.47. The van der Waals surface area contributed by atoms with Crippen molar-refractivity contribution in [2.75, 3.05) is 14.2 Å². The molecule has 0 unspecified atom stereocenters. The third-order valence-corrected chi connectivity index (χ3v) is 8.00. The predicted molar refractivity (Wildman–Crippen MR) is 142 cm³/mol. The van der Waals surface area contributed by atoms with Gasteiger partial charge in [0.05, 0.1) is 19.8 Å². The summed E-state index contributed by atoms with van der Waals surface area (Å²) >= 11 is 0. The highest BCUT2D eigenvalue weighted by Gasteiger charge is 2.42.